The summed E-state index contributed by atoms with van der Waals surface area (Å²) in [7, 11) is 3.33. The lowest BCUT2D eigenvalue weighted by molar-refractivity contribution is 0.414. The summed E-state index contributed by atoms with van der Waals surface area (Å²) in [6.45, 7) is 0. The van der Waals surface area contributed by atoms with Crippen LogP contribution in [0.1, 0.15) is 22.9 Å². The number of thioether (sulfide) groups is 1. The first-order chi connectivity index (χ1) is 13.8. The third kappa shape index (κ3) is 3.94. The Bertz CT molecular complexity index is 997. The molecule has 0 bridgehead atoms. The van der Waals surface area contributed by atoms with Gasteiger partial charge in [-0.05, 0) is 53.7 Å². The fourth-order valence-corrected chi connectivity index (χ4v) is 3.90. The predicted molar refractivity (Wildman–Crippen MR) is 116 cm³/mol. The zero-order valence-corrected chi connectivity index (χ0v) is 16.5. The minimum absolute atomic E-state index is 0.292. The summed E-state index contributed by atoms with van der Waals surface area (Å²) < 4.78 is 10.5. The minimum Gasteiger partial charge on any atom is -0.497 e. The lowest BCUT2D eigenvalue weighted by atomic mass is 10.1. The standard InChI is InChI=1S/C23H20N2O2S/c1-26-19-12-8-16(9-13-19)21-24-22(17-6-4-3-5-7-17)28-23(25-21)18-10-14-20(27-2)15-11-18/h3-15,21H,1-2H3/t21-/m0/s1. The average Bonchev–Trinajstić information content (AvgIpc) is 2.79. The molecule has 1 heterocycles. The van der Waals surface area contributed by atoms with E-state index >= 15 is 0 Å². The predicted octanol–water partition coefficient (Wildman–Crippen LogP) is 5.34. The topological polar surface area (TPSA) is 43.2 Å². The quantitative estimate of drug-likeness (QED) is 0.592. The molecule has 0 spiro atoms. The first-order valence-electron chi connectivity index (χ1n) is 8.94. The summed E-state index contributed by atoms with van der Waals surface area (Å²) in [5, 5.41) is 1.90. The highest BCUT2D eigenvalue weighted by Gasteiger charge is 2.22. The Balaban J connectivity index is 1.73. The lowest BCUT2D eigenvalue weighted by Crippen LogP contribution is -2.12. The second kappa shape index (κ2) is 8.31. The van der Waals surface area contributed by atoms with Gasteiger partial charge in [0.15, 0.2) is 6.17 Å². The van der Waals surface area contributed by atoms with E-state index in [1.54, 1.807) is 26.0 Å². The Morgan fingerprint density at radius 2 is 1.14 bits per heavy atom. The molecular weight excluding hydrogens is 368 g/mol. The van der Waals surface area contributed by atoms with E-state index < -0.39 is 0 Å². The highest BCUT2D eigenvalue weighted by molar-refractivity contribution is 8.27. The van der Waals surface area contributed by atoms with Gasteiger partial charge in [0.1, 0.15) is 21.6 Å². The number of hydrogen-bond donors (Lipinski definition) is 0. The van der Waals surface area contributed by atoms with Crippen LogP contribution in [0.15, 0.2) is 88.8 Å². The van der Waals surface area contributed by atoms with Gasteiger partial charge < -0.3 is 9.47 Å². The molecule has 1 aliphatic heterocycles. The summed E-state index contributed by atoms with van der Waals surface area (Å²) in [5.41, 5.74) is 3.17. The first-order valence-corrected chi connectivity index (χ1v) is 9.76. The maximum absolute atomic E-state index is 5.28. The van der Waals surface area contributed by atoms with Crippen LogP contribution in [0.2, 0.25) is 0 Å². The monoisotopic (exact) mass is 388 g/mol. The Morgan fingerprint density at radius 1 is 0.643 bits per heavy atom. The van der Waals surface area contributed by atoms with Gasteiger partial charge in [0, 0.05) is 11.1 Å². The molecule has 0 unspecified atom stereocenters. The van der Waals surface area contributed by atoms with Crippen LogP contribution in [0.4, 0.5) is 0 Å². The lowest BCUT2D eigenvalue weighted by Gasteiger charge is -2.20. The minimum atomic E-state index is -0.292. The zero-order valence-electron chi connectivity index (χ0n) is 15.7. The van der Waals surface area contributed by atoms with Gasteiger partial charge in [0.25, 0.3) is 0 Å². The maximum atomic E-state index is 5.28. The van der Waals surface area contributed by atoms with Gasteiger partial charge in [-0.15, -0.1) is 0 Å². The average molecular weight is 388 g/mol. The van der Waals surface area contributed by atoms with Crippen molar-refractivity contribution in [3.8, 4) is 11.5 Å². The van der Waals surface area contributed by atoms with E-state index in [0.717, 1.165) is 38.3 Å². The second-order valence-electron chi connectivity index (χ2n) is 6.21. The molecule has 0 N–H and O–H groups in total. The molecule has 5 heteroatoms. The Labute approximate surface area is 169 Å². The van der Waals surface area contributed by atoms with Crippen molar-refractivity contribution in [3.05, 3.63) is 95.6 Å². The van der Waals surface area contributed by atoms with Crippen LogP contribution in [0, 0.1) is 0 Å². The third-order valence-corrected chi connectivity index (χ3v) is 5.51. The summed E-state index contributed by atoms with van der Waals surface area (Å²) in [6.07, 6.45) is -0.292. The molecule has 0 radical (unpaired) electrons. The van der Waals surface area contributed by atoms with Gasteiger partial charge in [-0.25, -0.2) is 9.98 Å². The highest BCUT2D eigenvalue weighted by Crippen LogP contribution is 2.33. The van der Waals surface area contributed by atoms with Crippen molar-refractivity contribution >= 4 is 21.8 Å². The van der Waals surface area contributed by atoms with Gasteiger partial charge in [-0.3, -0.25) is 0 Å². The third-order valence-electron chi connectivity index (χ3n) is 4.44. The summed E-state index contributed by atoms with van der Waals surface area (Å²) >= 11 is 1.59. The molecule has 1 aliphatic rings. The van der Waals surface area contributed by atoms with Gasteiger partial charge in [-0.2, -0.15) is 0 Å². The van der Waals surface area contributed by atoms with E-state index in [0.29, 0.717) is 0 Å². The van der Waals surface area contributed by atoms with E-state index in [9.17, 15) is 0 Å². The second-order valence-corrected chi connectivity index (χ2v) is 7.19. The summed E-state index contributed by atoms with van der Waals surface area (Å²) in [6, 6.07) is 26.1. The number of methoxy groups -OCH3 is 2. The number of ether oxygens (including phenoxy) is 2. The van der Waals surface area contributed by atoms with Crippen molar-refractivity contribution < 1.29 is 9.47 Å². The van der Waals surface area contributed by atoms with E-state index in [1.807, 2.05) is 66.7 Å². The first kappa shape index (κ1) is 18.3. The number of aliphatic imine (C=N–C) groups is 2. The number of rotatable bonds is 5. The normalized spacial score (nSPS) is 16.1. The summed E-state index contributed by atoms with van der Waals surface area (Å²) in [4.78, 5) is 9.83. The van der Waals surface area contributed by atoms with Crippen LogP contribution in [-0.2, 0) is 0 Å². The molecule has 0 fully saturated rings. The fraction of sp³-hybridized carbons (Fsp3) is 0.130. The van der Waals surface area contributed by atoms with Crippen molar-refractivity contribution in [2.45, 2.75) is 6.17 Å². The highest BCUT2D eigenvalue weighted by atomic mass is 32.2. The Morgan fingerprint density at radius 3 is 1.68 bits per heavy atom. The largest absolute Gasteiger partial charge is 0.497 e. The van der Waals surface area contributed by atoms with Crippen LogP contribution in [0.3, 0.4) is 0 Å². The molecule has 4 rings (SSSR count). The number of benzene rings is 3. The van der Waals surface area contributed by atoms with Crippen LogP contribution in [0.25, 0.3) is 0 Å². The van der Waals surface area contributed by atoms with Crippen molar-refractivity contribution in [1.82, 2.24) is 0 Å². The molecule has 0 aliphatic carbocycles. The number of nitrogens with zero attached hydrogens (tertiary/aromatic N) is 2. The molecule has 0 saturated heterocycles. The Hall–Kier alpha value is -3.05. The van der Waals surface area contributed by atoms with E-state index in [1.165, 1.54) is 0 Å². The molecule has 3 aromatic carbocycles. The van der Waals surface area contributed by atoms with Gasteiger partial charge in [0.2, 0.25) is 0 Å². The number of hydrogen-bond acceptors (Lipinski definition) is 5. The smallest absolute Gasteiger partial charge is 0.167 e. The molecular formula is C23H20N2O2S. The van der Waals surface area contributed by atoms with Gasteiger partial charge in [-0.1, -0.05) is 42.5 Å². The van der Waals surface area contributed by atoms with Crippen LogP contribution in [-0.4, -0.2) is 24.3 Å². The van der Waals surface area contributed by atoms with Gasteiger partial charge >= 0.3 is 0 Å². The van der Waals surface area contributed by atoms with E-state index in [-0.39, 0.29) is 6.17 Å². The maximum Gasteiger partial charge on any atom is 0.167 e. The molecule has 0 aromatic heterocycles. The van der Waals surface area contributed by atoms with Crippen molar-refractivity contribution in [3.63, 3.8) is 0 Å². The van der Waals surface area contributed by atoms with Crippen molar-refractivity contribution in [2.75, 3.05) is 14.2 Å². The SMILES string of the molecule is COc1ccc(C2=N[C@@H](c3ccc(OC)cc3)N=C(c3ccccc3)S2)cc1. The van der Waals surface area contributed by atoms with Gasteiger partial charge in [0.05, 0.1) is 14.2 Å². The molecule has 140 valence electrons. The van der Waals surface area contributed by atoms with Crippen LogP contribution >= 0.6 is 11.8 Å². The van der Waals surface area contributed by atoms with Crippen LogP contribution in [0.5, 0.6) is 11.5 Å². The molecule has 0 saturated carbocycles. The van der Waals surface area contributed by atoms with Crippen molar-refractivity contribution in [2.24, 2.45) is 9.98 Å². The Kier molecular flexibility index (Phi) is 5.44. The van der Waals surface area contributed by atoms with E-state index in [2.05, 4.69) is 12.1 Å². The fourth-order valence-electron chi connectivity index (χ4n) is 2.90. The molecule has 3 aromatic rings. The summed E-state index contributed by atoms with van der Waals surface area (Å²) in [5.74, 6) is 1.65. The van der Waals surface area contributed by atoms with Crippen LogP contribution < -0.4 is 9.47 Å². The molecule has 4 nitrogen and oxygen atoms in total. The zero-order chi connectivity index (χ0) is 19.3. The molecule has 0 amide bonds. The molecule has 1 atom stereocenters. The van der Waals surface area contributed by atoms with Crippen molar-refractivity contribution in [1.29, 1.82) is 0 Å². The molecule has 28 heavy (non-hydrogen) atoms. The van der Waals surface area contributed by atoms with E-state index in [4.69, 9.17) is 19.5 Å².